The van der Waals surface area contributed by atoms with E-state index in [-0.39, 0.29) is 30.3 Å². The van der Waals surface area contributed by atoms with Gasteiger partial charge in [-0.25, -0.2) is 0 Å². The maximum atomic E-state index is 12.1. The van der Waals surface area contributed by atoms with Gasteiger partial charge in [0.2, 0.25) is 17.7 Å². The second-order valence-corrected chi connectivity index (χ2v) is 4.16. The molecule has 7 heteroatoms. The summed E-state index contributed by atoms with van der Waals surface area (Å²) in [6, 6.07) is -0.374. The average Bonchev–Trinajstić information content (AvgIpc) is 2.54. The number of rotatable bonds is 1. The molecule has 17 heavy (non-hydrogen) atoms. The van der Waals surface area contributed by atoms with Gasteiger partial charge in [-0.1, -0.05) is 0 Å². The van der Waals surface area contributed by atoms with Crippen molar-refractivity contribution < 1.29 is 14.4 Å². The number of hydrogen-bond donors (Lipinski definition) is 3. The van der Waals surface area contributed by atoms with Gasteiger partial charge in [0, 0.05) is 32.6 Å². The summed E-state index contributed by atoms with van der Waals surface area (Å²) in [7, 11) is 0. The molecular weight excluding hydrogens is 224 g/mol. The molecule has 2 fully saturated rings. The van der Waals surface area contributed by atoms with Crippen LogP contribution in [0.25, 0.3) is 0 Å². The molecule has 7 nitrogen and oxygen atoms in total. The molecule has 0 aliphatic carbocycles. The highest BCUT2D eigenvalue weighted by Crippen LogP contribution is 2.01. The van der Waals surface area contributed by atoms with Gasteiger partial charge in [0.25, 0.3) is 0 Å². The van der Waals surface area contributed by atoms with Crippen molar-refractivity contribution in [2.24, 2.45) is 0 Å². The number of nitrogens with one attached hydrogen (secondary N) is 3. The summed E-state index contributed by atoms with van der Waals surface area (Å²) in [6.45, 7) is 1.94. The van der Waals surface area contributed by atoms with Crippen molar-refractivity contribution in [1.29, 1.82) is 0 Å². The quantitative estimate of drug-likeness (QED) is 0.469. The molecule has 0 bridgehead atoms. The van der Waals surface area contributed by atoms with Crippen LogP contribution in [-0.4, -0.2) is 61.4 Å². The van der Waals surface area contributed by atoms with Gasteiger partial charge >= 0.3 is 0 Å². The Kier molecular flexibility index (Phi) is 3.58. The highest BCUT2D eigenvalue weighted by molar-refractivity contribution is 5.87. The minimum absolute atomic E-state index is 0.0230. The van der Waals surface area contributed by atoms with Crippen LogP contribution in [0.4, 0.5) is 0 Å². The largest absolute Gasteiger partial charge is 0.354 e. The number of carbonyl (C=O) groups excluding carboxylic acids is 3. The van der Waals surface area contributed by atoms with Crippen molar-refractivity contribution in [2.75, 3.05) is 32.7 Å². The van der Waals surface area contributed by atoms with Gasteiger partial charge in [-0.3, -0.25) is 19.7 Å². The number of nitrogens with zero attached hydrogens (tertiary/aromatic N) is 1. The first-order valence-electron chi connectivity index (χ1n) is 5.72. The van der Waals surface area contributed by atoms with Crippen LogP contribution in [0.5, 0.6) is 0 Å². The lowest BCUT2D eigenvalue weighted by Crippen LogP contribution is -2.59. The summed E-state index contributed by atoms with van der Waals surface area (Å²) in [6.07, 6.45) is 0.338. The first-order chi connectivity index (χ1) is 8.16. The average molecular weight is 240 g/mol. The number of carbonyl (C=O) groups is 3. The zero-order chi connectivity index (χ0) is 12.3. The summed E-state index contributed by atoms with van der Waals surface area (Å²) < 4.78 is 0. The van der Waals surface area contributed by atoms with E-state index in [2.05, 4.69) is 16.0 Å². The first-order valence-corrected chi connectivity index (χ1v) is 5.72. The molecule has 0 aromatic rings. The summed E-state index contributed by atoms with van der Waals surface area (Å²) in [5.41, 5.74) is 0. The molecule has 2 aliphatic rings. The lowest BCUT2D eigenvalue weighted by molar-refractivity contribution is -0.134. The fraction of sp³-hybridized carbons (Fsp3) is 0.700. The van der Waals surface area contributed by atoms with E-state index >= 15 is 0 Å². The molecule has 94 valence electrons. The molecule has 1 unspecified atom stereocenters. The molecule has 0 aromatic heterocycles. The number of hydrogen-bond acceptors (Lipinski definition) is 4. The van der Waals surface area contributed by atoms with Gasteiger partial charge in [0.15, 0.2) is 0 Å². The maximum Gasteiger partial charge on any atom is 0.241 e. The normalized spacial score (nSPS) is 25.9. The van der Waals surface area contributed by atoms with Crippen LogP contribution in [0.1, 0.15) is 6.42 Å². The van der Waals surface area contributed by atoms with Gasteiger partial charge < -0.3 is 15.5 Å². The van der Waals surface area contributed by atoms with Crippen LogP contribution in [0, 0.1) is 0 Å². The van der Waals surface area contributed by atoms with E-state index in [1.165, 1.54) is 0 Å². The summed E-state index contributed by atoms with van der Waals surface area (Å²) >= 11 is 0. The maximum absolute atomic E-state index is 12.1. The smallest absolute Gasteiger partial charge is 0.241 e. The number of piperazine rings is 1. The van der Waals surface area contributed by atoms with E-state index < -0.39 is 0 Å². The van der Waals surface area contributed by atoms with Crippen LogP contribution < -0.4 is 16.0 Å². The van der Waals surface area contributed by atoms with E-state index in [0.29, 0.717) is 32.6 Å². The molecule has 3 N–H and O–H groups in total. The van der Waals surface area contributed by atoms with Crippen molar-refractivity contribution in [3.8, 4) is 0 Å². The number of amides is 3. The summed E-state index contributed by atoms with van der Waals surface area (Å²) in [5.74, 6) is -0.173. The Morgan fingerprint density at radius 2 is 2.00 bits per heavy atom. The molecule has 3 amide bonds. The third kappa shape index (κ3) is 2.94. The third-order valence-electron chi connectivity index (χ3n) is 2.93. The van der Waals surface area contributed by atoms with Crippen LogP contribution in [0.15, 0.2) is 0 Å². The second kappa shape index (κ2) is 5.13. The first kappa shape index (κ1) is 11.8. The molecule has 2 heterocycles. The molecule has 0 spiro atoms. The van der Waals surface area contributed by atoms with Crippen LogP contribution in [-0.2, 0) is 14.4 Å². The molecular formula is C10H16N4O3. The lowest BCUT2D eigenvalue weighted by atomic mass is 10.2. The monoisotopic (exact) mass is 240 g/mol. The van der Waals surface area contributed by atoms with Crippen LogP contribution in [0.2, 0.25) is 0 Å². The summed E-state index contributed by atoms with van der Waals surface area (Å²) in [5, 5.41) is 8.25. The van der Waals surface area contributed by atoms with Gasteiger partial charge in [-0.05, 0) is 0 Å². The van der Waals surface area contributed by atoms with Crippen LogP contribution >= 0.6 is 0 Å². The zero-order valence-corrected chi connectivity index (χ0v) is 9.49. The molecule has 0 saturated carbocycles. The SMILES string of the molecule is O=C1CCN(C(=O)C2CNC(=O)CN2)CCN1. The molecule has 2 aliphatic heterocycles. The standard InChI is InChI=1S/C10H16N4O3/c15-8-1-3-14(4-2-11-8)10(17)7-5-13-9(16)6-12-7/h7,12H,1-6H2,(H,11,15)(H,13,16). The highest BCUT2D eigenvalue weighted by Gasteiger charge is 2.28. The zero-order valence-electron chi connectivity index (χ0n) is 9.49. The van der Waals surface area contributed by atoms with Gasteiger partial charge in [-0.2, -0.15) is 0 Å². The fourth-order valence-electron chi connectivity index (χ4n) is 1.95. The predicted octanol–water partition coefficient (Wildman–Crippen LogP) is -2.58. The van der Waals surface area contributed by atoms with Gasteiger partial charge in [-0.15, -0.1) is 0 Å². The highest BCUT2D eigenvalue weighted by atomic mass is 16.2. The van der Waals surface area contributed by atoms with E-state index in [1.807, 2.05) is 0 Å². The Balaban J connectivity index is 1.90. The summed E-state index contributed by atoms with van der Waals surface area (Å²) in [4.78, 5) is 35.9. The van der Waals surface area contributed by atoms with E-state index in [9.17, 15) is 14.4 Å². The van der Waals surface area contributed by atoms with Crippen molar-refractivity contribution in [1.82, 2.24) is 20.9 Å². The van der Waals surface area contributed by atoms with Crippen LogP contribution in [0.3, 0.4) is 0 Å². The second-order valence-electron chi connectivity index (χ2n) is 4.16. The van der Waals surface area contributed by atoms with Gasteiger partial charge in [0.05, 0.1) is 6.54 Å². The Morgan fingerprint density at radius 1 is 1.18 bits per heavy atom. The van der Waals surface area contributed by atoms with E-state index in [4.69, 9.17) is 0 Å². The van der Waals surface area contributed by atoms with Crippen molar-refractivity contribution >= 4 is 17.7 Å². The van der Waals surface area contributed by atoms with E-state index in [0.717, 1.165) is 0 Å². The molecule has 0 aromatic carbocycles. The molecule has 2 saturated heterocycles. The Labute approximate surface area is 98.9 Å². The fourth-order valence-corrected chi connectivity index (χ4v) is 1.95. The third-order valence-corrected chi connectivity index (χ3v) is 2.93. The lowest BCUT2D eigenvalue weighted by Gasteiger charge is -2.28. The Bertz CT molecular complexity index is 334. The topological polar surface area (TPSA) is 90.5 Å². The molecule has 0 radical (unpaired) electrons. The minimum atomic E-state index is -0.374. The van der Waals surface area contributed by atoms with E-state index in [1.54, 1.807) is 4.90 Å². The van der Waals surface area contributed by atoms with Crippen molar-refractivity contribution in [2.45, 2.75) is 12.5 Å². The minimum Gasteiger partial charge on any atom is -0.354 e. The predicted molar refractivity (Wildman–Crippen MR) is 59.0 cm³/mol. The Morgan fingerprint density at radius 3 is 2.71 bits per heavy atom. The Hall–Kier alpha value is -1.63. The van der Waals surface area contributed by atoms with Gasteiger partial charge in [0.1, 0.15) is 6.04 Å². The van der Waals surface area contributed by atoms with Crippen molar-refractivity contribution in [3.63, 3.8) is 0 Å². The molecule has 1 atom stereocenters. The molecule has 2 rings (SSSR count). The van der Waals surface area contributed by atoms with Crippen molar-refractivity contribution in [3.05, 3.63) is 0 Å².